The molecule has 1 aliphatic heterocycles. The molecule has 0 aliphatic carbocycles. The van der Waals surface area contributed by atoms with Crippen LogP contribution in [0.1, 0.15) is 22.6 Å². The Hall–Kier alpha value is -2.03. The van der Waals surface area contributed by atoms with Crippen LogP contribution in [0.5, 0.6) is 5.75 Å². The highest BCUT2D eigenvalue weighted by Gasteiger charge is 2.23. The Morgan fingerprint density at radius 3 is 2.60 bits per heavy atom. The molecule has 3 heteroatoms. The molecule has 2 aromatic rings. The van der Waals surface area contributed by atoms with Crippen molar-refractivity contribution in [2.75, 3.05) is 19.0 Å². The van der Waals surface area contributed by atoms with E-state index in [1.54, 1.807) is 7.11 Å². The number of rotatable bonds is 2. The normalized spacial score (nSPS) is 17.2. The molecular weight excluding hydrogens is 253 g/mol. The van der Waals surface area contributed by atoms with E-state index in [1.165, 1.54) is 28.8 Å². The summed E-state index contributed by atoms with van der Waals surface area (Å²) >= 11 is 0. The maximum atomic E-state index is 13.0. The number of hydrogen-bond acceptors (Lipinski definition) is 2. The monoisotopic (exact) mass is 271 g/mol. The zero-order chi connectivity index (χ0) is 14.1. The average Bonchev–Trinajstić information content (AvgIpc) is 2.48. The molecule has 2 aromatic carbocycles. The molecule has 20 heavy (non-hydrogen) atoms. The summed E-state index contributed by atoms with van der Waals surface area (Å²) in [6.07, 6.45) is 0.955. The lowest BCUT2D eigenvalue weighted by atomic mass is 9.86. The van der Waals surface area contributed by atoms with E-state index in [0.29, 0.717) is 5.92 Å². The summed E-state index contributed by atoms with van der Waals surface area (Å²) in [4.78, 5) is 0. The van der Waals surface area contributed by atoms with E-state index in [0.717, 1.165) is 24.4 Å². The number of anilines is 1. The molecule has 1 aliphatic rings. The molecule has 0 amide bonds. The number of nitrogens with one attached hydrogen (secondary N) is 1. The van der Waals surface area contributed by atoms with Crippen LogP contribution >= 0.6 is 0 Å². The van der Waals surface area contributed by atoms with Crippen LogP contribution < -0.4 is 10.1 Å². The average molecular weight is 271 g/mol. The van der Waals surface area contributed by atoms with Gasteiger partial charge in [-0.05, 0) is 48.2 Å². The first-order valence-corrected chi connectivity index (χ1v) is 6.85. The second kappa shape index (κ2) is 5.16. The SMILES string of the molecule is COc1ccc(C)c2c1NCC(c1ccc(F)cc1)C2. The minimum absolute atomic E-state index is 0.184. The van der Waals surface area contributed by atoms with Gasteiger partial charge in [0.05, 0.1) is 12.8 Å². The summed E-state index contributed by atoms with van der Waals surface area (Å²) in [5.74, 6) is 1.08. The van der Waals surface area contributed by atoms with Gasteiger partial charge in [-0.3, -0.25) is 0 Å². The summed E-state index contributed by atoms with van der Waals surface area (Å²) in [6, 6.07) is 10.9. The fourth-order valence-corrected chi connectivity index (χ4v) is 2.87. The van der Waals surface area contributed by atoms with E-state index in [4.69, 9.17) is 4.74 Å². The van der Waals surface area contributed by atoms with Crippen LogP contribution in [0.25, 0.3) is 0 Å². The minimum atomic E-state index is -0.184. The molecule has 3 rings (SSSR count). The van der Waals surface area contributed by atoms with Gasteiger partial charge >= 0.3 is 0 Å². The first kappa shape index (κ1) is 13.0. The maximum Gasteiger partial charge on any atom is 0.142 e. The number of halogens is 1. The van der Waals surface area contributed by atoms with E-state index in [9.17, 15) is 4.39 Å². The smallest absolute Gasteiger partial charge is 0.142 e. The lowest BCUT2D eigenvalue weighted by molar-refractivity contribution is 0.414. The van der Waals surface area contributed by atoms with Gasteiger partial charge < -0.3 is 10.1 Å². The van der Waals surface area contributed by atoms with Crippen molar-refractivity contribution < 1.29 is 9.13 Å². The Balaban J connectivity index is 1.94. The lowest BCUT2D eigenvalue weighted by Gasteiger charge is -2.29. The lowest BCUT2D eigenvalue weighted by Crippen LogP contribution is -2.22. The van der Waals surface area contributed by atoms with E-state index >= 15 is 0 Å². The highest BCUT2D eigenvalue weighted by atomic mass is 19.1. The molecule has 0 saturated heterocycles. The van der Waals surface area contributed by atoms with Crippen LogP contribution in [0.4, 0.5) is 10.1 Å². The van der Waals surface area contributed by atoms with Crippen LogP contribution in [-0.2, 0) is 6.42 Å². The Morgan fingerprint density at radius 1 is 1.15 bits per heavy atom. The van der Waals surface area contributed by atoms with E-state index < -0.39 is 0 Å². The zero-order valence-electron chi connectivity index (χ0n) is 11.7. The third kappa shape index (κ3) is 2.24. The number of ether oxygens (including phenoxy) is 1. The summed E-state index contributed by atoms with van der Waals surface area (Å²) in [6.45, 7) is 2.96. The number of benzene rings is 2. The largest absolute Gasteiger partial charge is 0.495 e. The number of methoxy groups -OCH3 is 1. The topological polar surface area (TPSA) is 21.3 Å². The van der Waals surface area contributed by atoms with Gasteiger partial charge in [0.2, 0.25) is 0 Å². The van der Waals surface area contributed by atoms with Crippen molar-refractivity contribution in [3.05, 3.63) is 58.9 Å². The Labute approximate surface area is 118 Å². The molecule has 0 radical (unpaired) electrons. The van der Waals surface area contributed by atoms with Gasteiger partial charge in [0.1, 0.15) is 11.6 Å². The van der Waals surface area contributed by atoms with Crippen molar-refractivity contribution in [2.45, 2.75) is 19.3 Å². The molecule has 0 saturated carbocycles. The van der Waals surface area contributed by atoms with Crippen LogP contribution in [0.3, 0.4) is 0 Å². The third-order valence-corrected chi connectivity index (χ3v) is 4.05. The predicted octanol–water partition coefficient (Wildman–Crippen LogP) is 3.89. The minimum Gasteiger partial charge on any atom is -0.495 e. The summed E-state index contributed by atoms with van der Waals surface area (Å²) in [5, 5.41) is 3.47. The van der Waals surface area contributed by atoms with E-state index in [2.05, 4.69) is 18.3 Å². The van der Waals surface area contributed by atoms with Crippen molar-refractivity contribution in [3.63, 3.8) is 0 Å². The summed E-state index contributed by atoms with van der Waals surface area (Å²) in [5.41, 5.74) is 4.84. The second-order valence-electron chi connectivity index (χ2n) is 5.27. The van der Waals surface area contributed by atoms with Crippen LogP contribution in [0.2, 0.25) is 0 Å². The molecule has 0 spiro atoms. The molecule has 0 bridgehead atoms. The fraction of sp³-hybridized carbons (Fsp3) is 0.294. The van der Waals surface area contributed by atoms with Gasteiger partial charge in [0.15, 0.2) is 0 Å². The Bertz CT molecular complexity index is 622. The van der Waals surface area contributed by atoms with Crippen LogP contribution in [0.15, 0.2) is 36.4 Å². The number of hydrogen-bond donors (Lipinski definition) is 1. The first-order valence-electron chi connectivity index (χ1n) is 6.85. The van der Waals surface area contributed by atoms with Crippen molar-refractivity contribution >= 4 is 5.69 Å². The number of fused-ring (bicyclic) bond motifs is 1. The highest BCUT2D eigenvalue weighted by Crippen LogP contribution is 2.38. The van der Waals surface area contributed by atoms with Crippen molar-refractivity contribution in [2.24, 2.45) is 0 Å². The molecule has 1 unspecified atom stereocenters. The van der Waals surface area contributed by atoms with Gasteiger partial charge in [-0.15, -0.1) is 0 Å². The fourth-order valence-electron chi connectivity index (χ4n) is 2.87. The van der Waals surface area contributed by atoms with Gasteiger partial charge in [-0.1, -0.05) is 18.2 Å². The quantitative estimate of drug-likeness (QED) is 0.894. The van der Waals surface area contributed by atoms with E-state index in [1.807, 2.05) is 18.2 Å². The van der Waals surface area contributed by atoms with Crippen molar-refractivity contribution in [1.29, 1.82) is 0 Å². The first-order chi connectivity index (χ1) is 9.69. The molecule has 0 fully saturated rings. The highest BCUT2D eigenvalue weighted by molar-refractivity contribution is 5.66. The summed E-state index contributed by atoms with van der Waals surface area (Å²) in [7, 11) is 1.69. The Kier molecular flexibility index (Phi) is 3.35. The van der Waals surface area contributed by atoms with Crippen molar-refractivity contribution in [3.8, 4) is 5.75 Å². The molecular formula is C17H18FNO. The second-order valence-corrected chi connectivity index (χ2v) is 5.27. The molecule has 1 heterocycles. The molecule has 1 atom stereocenters. The number of aryl methyl sites for hydroxylation is 1. The summed E-state index contributed by atoms with van der Waals surface area (Å²) < 4.78 is 18.4. The zero-order valence-corrected chi connectivity index (χ0v) is 11.7. The third-order valence-electron chi connectivity index (χ3n) is 4.05. The molecule has 1 N–H and O–H groups in total. The predicted molar refractivity (Wildman–Crippen MR) is 79.1 cm³/mol. The Morgan fingerprint density at radius 2 is 1.90 bits per heavy atom. The molecule has 104 valence electrons. The van der Waals surface area contributed by atoms with E-state index in [-0.39, 0.29) is 5.82 Å². The van der Waals surface area contributed by atoms with Crippen molar-refractivity contribution in [1.82, 2.24) is 0 Å². The van der Waals surface area contributed by atoms with Gasteiger partial charge in [-0.25, -0.2) is 4.39 Å². The maximum absolute atomic E-state index is 13.0. The van der Waals surface area contributed by atoms with Crippen LogP contribution in [-0.4, -0.2) is 13.7 Å². The van der Waals surface area contributed by atoms with Gasteiger partial charge in [0, 0.05) is 12.5 Å². The molecule has 2 nitrogen and oxygen atoms in total. The van der Waals surface area contributed by atoms with Crippen LogP contribution in [0, 0.1) is 12.7 Å². The van der Waals surface area contributed by atoms with Gasteiger partial charge in [0.25, 0.3) is 0 Å². The standard InChI is InChI=1S/C17H18FNO/c1-11-3-8-16(20-2)17-15(11)9-13(10-19-17)12-4-6-14(18)7-5-12/h3-8,13,19H,9-10H2,1-2H3. The van der Waals surface area contributed by atoms with Gasteiger partial charge in [-0.2, -0.15) is 0 Å². The molecule has 0 aromatic heterocycles.